The van der Waals surface area contributed by atoms with Crippen molar-refractivity contribution in [1.82, 2.24) is 0 Å². The highest BCUT2D eigenvalue weighted by atomic mass is 127. The minimum atomic E-state index is -2.28. The maximum absolute atomic E-state index is 9.86. The summed E-state index contributed by atoms with van der Waals surface area (Å²) in [4.78, 5) is 0. The van der Waals surface area contributed by atoms with E-state index in [0.29, 0.717) is 29.5 Å². The number of fused-ring (bicyclic) bond motifs is 7. The van der Waals surface area contributed by atoms with Crippen LogP contribution in [-0.2, 0) is 46.7 Å². The van der Waals surface area contributed by atoms with Gasteiger partial charge in [-0.05, 0) is 105 Å². The molecule has 0 unspecified atom stereocenters. The molecule has 14 heteroatoms. The third kappa shape index (κ3) is 9.76. The molecule has 0 spiro atoms. The molecule has 0 saturated carbocycles. The van der Waals surface area contributed by atoms with Crippen molar-refractivity contribution >= 4 is 39.2 Å². The second kappa shape index (κ2) is 19.2. The van der Waals surface area contributed by atoms with Crippen LogP contribution in [0.1, 0.15) is 161 Å². The Morgan fingerprint density at radius 1 is 0.731 bits per heavy atom. The van der Waals surface area contributed by atoms with Crippen LogP contribution >= 0.6 is 22.6 Å². The maximum atomic E-state index is 9.86. The van der Waals surface area contributed by atoms with Crippen LogP contribution < -0.4 is 0 Å². The van der Waals surface area contributed by atoms with Gasteiger partial charge in [-0.3, -0.25) is 0 Å². The third-order valence-electron chi connectivity index (χ3n) is 18.8. The summed E-state index contributed by atoms with van der Waals surface area (Å²) in [6.07, 6.45) is 12.3. The van der Waals surface area contributed by atoms with Gasteiger partial charge in [0.1, 0.15) is 23.4 Å². The number of rotatable bonds is 11. The topological polar surface area (TPSA) is 113 Å². The van der Waals surface area contributed by atoms with Crippen molar-refractivity contribution in [2.24, 2.45) is 0 Å². The lowest BCUT2D eigenvalue weighted by Crippen LogP contribution is -2.73. The van der Waals surface area contributed by atoms with Crippen LogP contribution in [0.25, 0.3) is 0 Å². The minimum Gasteiger partial charge on any atom is -0.410 e. The molecule has 18 atom stereocenters. The third-order valence-corrected chi connectivity index (χ3v) is 29.9. The van der Waals surface area contributed by atoms with E-state index < -0.39 is 44.6 Å². The largest absolute Gasteiger partial charge is 0.410 e. The van der Waals surface area contributed by atoms with E-state index in [1.54, 1.807) is 0 Å². The van der Waals surface area contributed by atoms with Crippen LogP contribution in [0.2, 0.25) is 34.8 Å². The number of aliphatic hydroxyl groups excluding tert-OH is 1. The second-order valence-electron chi connectivity index (χ2n) is 25.7. The molecule has 67 heavy (non-hydrogen) atoms. The van der Waals surface area contributed by atoms with Crippen molar-refractivity contribution < 1.29 is 51.9 Å². The first kappa shape index (κ1) is 53.5. The highest BCUT2D eigenvalue weighted by molar-refractivity contribution is 14.1. The Labute approximate surface area is 420 Å². The number of halogens is 1. The molecule has 1 N–H and O–H groups in total. The van der Waals surface area contributed by atoms with E-state index >= 15 is 0 Å². The fourth-order valence-corrected chi connectivity index (χ4v) is 21.9. The zero-order valence-electron chi connectivity index (χ0n) is 44.2. The normalized spacial score (nSPS) is 47.0. The smallest absolute Gasteiger partial charge is 0.200 e. The fourth-order valence-electron chi connectivity index (χ4n) is 14.3. The van der Waals surface area contributed by atoms with Gasteiger partial charge in [-0.2, -0.15) is 0 Å². The summed E-state index contributed by atoms with van der Waals surface area (Å²) in [5, 5.41) is 9.91. The Hall–Kier alpha value is 0.204. The van der Waals surface area contributed by atoms with Crippen LogP contribution in [0.5, 0.6) is 0 Å². The first-order valence-electron chi connectivity index (χ1n) is 26.4. The predicted octanol–water partition coefficient (Wildman–Crippen LogP) is 11.4. The Balaban J connectivity index is 0.988. The van der Waals surface area contributed by atoms with Crippen molar-refractivity contribution in [3.05, 3.63) is 22.3 Å². The van der Waals surface area contributed by atoms with E-state index in [2.05, 4.69) is 155 Å². The second-order valence-corrected chi connectivity index (χ2v) is 36.6. The summed E-state index contributed by atoms with van der Waals surface area (Å²) in [5.41, 5.74) is -1.70. The molecule has 0 aromatic rings. The van der Waals surface area contributed by atoms with E-state index in [0.717, 1.165) is 51.4 Å². The first-order valence-corrected chi connectivity index (χ1v) is 32.7. The number of hydrogen-bond acceptors (Lipinski definition) is 11. The maximum Gasteiger partial charge on any atom is 0.200 e. The Kier molecular flexibility index (Phi) is 15.3. The molecule has 8 aliphatic rings. The molecular formula is C53H91IO11Si2. The average molecular weight is 1090 g/mol. The standard InChI is InChI=1S/C53H91IO11Si2/c1-32(2)67(33(3)4,34(5)6)63-47-26-35(18-17-25-55)56-46-29-45-50(11,64-53(46,47)14)30-41-38(59-45)27-40-36(57-41)19-20-42-51(12,62-40)31-52(13)44(60-42)28-39-37(61-52)21-23-49(10,43(58-39)22-24-54)65-66(15,16)48(7,8)9/h21-24,32-47,55H,17-20,25-31H2,1-16H3/b24-22-/t35-,36+,37+,38+,39-,40-,41-,42-,43+,44+,45-,46+,47-,49-,50+,51+,52-,53+/m0/s1. The highest BCUT2D eigenvalue weighted by Crippen LogP contribution is 2.56. The zero-order valence-corrected chi connectivity index (χ0v) is 48.4. The molecule has 11 nitrogen and oxygen atoms in total. The lowest BCUT2D eigenvalue weighted by atomic mass is 9.72. The summed E-state index contributed by atoms with van der Waals surface area (Å²) in [7, 11) is -4.43. The van der Waals surface area contributed by atoms with Crippen LogP contribution in [0, 0.1) is 0 Å². The first-order chi connectivity index (χ1) is 31.1. The van der Waals surface area contributed by atoms with E-state index in [4.69, 9.17) is 46.7 Å². The lowest BCUT2D eigenvalue weighted by Gasteiger charge is -2.63. The summed E-state index contributed by atoms with van der Waals surface area (Å²) in [5.74, 6) is 0. The SMILES string of the molecule is CC(C)[Si](O[C@H]1C[C@H](CCCO)O[C@@H]2C[C@@H]3O[C@@H]4C[C@@H]5O[C@]6(C)C[C@]7(C)O[C@@H]8C=C[C@](C)(O[Si](C)(C)C(C)(C)C)[C@@H](/C=C\I)O[C@H]8C[C@H]7O[C@H]6CC[C@H]5O[C@H]4C[C@@]3(C)O[C@@]12C)(C(C)C)C(C)C. The number of hydrogen-bond donors (Lipinski definition) is 1. The Bertz CT molecular complexity index is 1790. The van der Waals surface area contributed by atoms with Gasteiger partial charge >= 0.3 is 0 Å². The van der Waals surface area contributed by atoms with Gasteiger partial charge in [0.15, 0.2) is 8.32 Å². The monoisotopic (exact) mass is 1090 g/mol. The molecule has 0 bridgehead atoms. The molecule has 8 rings (SSSR count). The molecule has 0 aromatic heterocycles. The van der Waals surface area contributed by atoms with Gasteiger partial charge in [0.25, 0.3) is 0 Å². The van der Waals surface area contributed by atoms with Crippen LogP contribution in [0.4, 0.5) is 0 Å². The molecule has 0 aliphatic carbocycles. The summed E-state index contributed by atoms with van der Waals surface area (Å²) < 4.78 is 74.6. The van der Waals surface area contributed by atoms with Gasteiger partial charge < -0.3 is 51.9 Å². The molecular weight excluding hydrogens is 996 g/mol. The molecule has 384 valence electrons. The Morgan fingerprint density at radius 3 is 2.04 bits per heavy atom. The summed E-state index contributed by atoms with van der Waals surface area (Å²) in [6.45, 7) is 36.9. The van der Waals surface area contributed by atoms with E-state index in [-0.39, 0.29) is 91.0 Å². The van der Waals surface area contributed by atoms with Gasteiger partial charge in [-0.1, -0.05) is 97.1 Å². The number of ether oxygens (including phenoxy) is 8. The summed E-state index contributed by atoms with van der Waals surface area (Å²) in [6, 6.07) is 0. The van der Waals surface area contributed by atoms with Gasteiger partial charge in [-0.15, -0.1) is 0 Å². The zero-order chi connectivity index (χ0) is 48.9. The van der Waals surface area contributed by atoms with E-state index in [1.807, 2.05) is 0 Å². The molecule has 8 aliphatic heterocycles. The molecule has 0 amide bonds. The van der Waals surface area contributed by atoms with Crippen LogP contribution in [-0.4, -0.2) is 136 Å². The molecule has 8 heterocycles. The van der Waals surface area contributed by atoms with Crippen molar-refractivity contribution in [2.75, 3.05) is 6.61 Å². The van der Waals surface area contributed by atoms with Crippen molar-refractivity contribution in [3.63, 3.8) is 0 Å². The van der Waals surface area contributed by atoms with Crippen molar-refractivity contribution in [1.29, 1.82) is 0 Å². The quantitative estimate of drug-likeness (QED) is 0.121. The van der Waals surface area contributed by atoms with E-state index in [1.165, 1.54) is 0 Å². The van der Waals surface area contributed by atoms with Crippen LogP contribution in [0.3, 0.4) is 0 Å². The van der Waals surface area contributed by atoms with Gasteiger partial charge in [-0.25, -0.2) is 0 Å². The highest BCUT2D eigenvalue weighted by Gasteiger charge is 2.66. The molecule has 7 saturated heterocycles. The Morgan fingerprint density at radius 2 is 1.40 bits per heavy atom. The van der Waals surface area contributed by atoms with Gasteiger partial charge in [0.05, 0.1) is 83.9 Å². The van der Waals surface area contributed by atoms with E-state index in [9.17, 15) is 5.11 Å². The van der Waals surface area contributed by atoms with Crippen molar-refractivity contribution in [2.45, 2.75) is 303 Å². The van der Waals surface area contributed by atoms with Gasteiger partial charge in [0.2, 0.25) is 8.32 Å². The van der Waals surface area contributed by atoms with Crippen molar-refractivity contribution in [3.8, 4) is 0 Å². The predicted molar refractivity (Wildman–Crippen MR) is 276 cm³/mol. The van der Waals surface area contributed by atoms with Gasteiger partial charge in [0, 0.05) is 45.1 Å². The molecule has 0 aromatic carbocycles. The number of aliphatic hydroxyl groups is 1. The minimum absolute atomic E-state index is 0.00902. The lowest BCUT2D eigenvalue weighted by molar-refractivity contribution is -0.368. The fraction of sp³-hybridized carbons (Fsp3) is 0.925. The molecule has 0 radical (unpaired) electrons. The molecule has 7 fully saturated rings. The average Bonchev–Trinajstić information content (AvgIpc) is 3.42. The summed E-state index contributed by atoms with van der Waals surface area (Å²) >= 11 is 2.29. The van der Waals surface area contributed by atoms with Crippen LogP contribution in [0.15, 0.2) is 22.3 Å².